The van der Waals surface area contributed by atoms with Crippen LogP contribution in [0.4, 0.5) is 11.8 Å². The second kappa shape index (κ2) is 5.88. The fourth-order valence-electron chi connectivity index (χ4n) is 3.69. The van der Waals surface area contributed by atoms with E-state index in [1.54, 1.807) is 0 Å². The fraction of sp³-hybridized carbons (Fsp3) is 0.733. The van der Waals surface area contributed by atoms with Crippen LogP contribution < -0.4 is 10.2 Å². The minimum atomic E-state index is 0.639. The first-order valence-corrected chi connectivity index (χ1v) is 8.47. The van der Waals surface area contributed by atoms with Gasteiger partial charge in [0.15, 0.2) is 0 Å². The lowest BCUT2D eigenvalue weighted by Crippen LogP contribution is -2.41. The molecule has 2 fully saturated rings. The van der Waals surface area contributed by atoms with Gasteiger partial charge in [0.25, 0.3) is 0 Å². The Bertz CT molecular complexity index is 461. The molecule has 20 heavy (non-hydrogen) atoms. The van der Waals surface area contributed by atoms with E-state index in [1.807, 2.05) is 13.2 Å². The van der Waals surface area contributed by atoms with Crippen molar-refractivity contribution in [2.24, 2.45) is 5.41 Å². The summed E-state index contributed by atoms with van der Waals surface area (Å²) in [5.74, 6) is 1.73. The number of nitrogens with one attached hydrogen (secondary N) is 1. The molecular formula is C15H23BrN4. The van der Waals surface area contributed by atoms with Crippen molar-refractivity contribution in [2.75, 3.05) is 30.4 Å². The molecule has 0 aromatic carbocycles. The average molecular weight is 339 g/mol. The van der Waals surface area contributed by atoms with Crippen molar-refractivity contribution in [2.45, 2.75) is 44.9 Å². The highest BCUT2D eigenvalue weighted by Crippen LogP contribution is 2.45. The minimum Gasteiger partial charge on any atom is -0.357 e. The summed E-state index contributed by atoms with van der Waals surface area (Å²) in [6.07, 6.45) is 11.7. The van der Waals surface area contributed by atoms with Gasteiger partial charge >= 0.3 is 0 Å². The van der Waals surface area contributed by atoms with E-state index in [4.69, 9.17) is 0 Å². The quantitative estimate of drug-likeness (QED) is 0.889. The van der Waals surface area contributed by atoms with Crippen LogP contribution in [0.2, 0.25) is 0 Å². The Morgan fingerprint density at radius 3 is 2.50 bits per heavy atom. The molecule has 1 aromatic rings. The molecule has 1 saturated heterocycles. The molecule has 0 atom stereocenters. The van der Waals surface area contributed by atoms with Crippen LogP contribution in [0, 0.1) is 5.41 Å². The lowest BCUT2D eigenvalue weighted by atomic mass is 9.68. The Balaban J connectivity index is 1.71. The van der Waals surface area contributed by atoms with E-state index in [9.17, 15) is 0 Å². The van der Waals surface area contributed by atoms with Crippen LogP contribution in [0.1, 0.15) is 44.9 Å². The van der Waals surface area contributed by atoms with Gasteiger partial charge < -0.3 is 10.2 Å². The molecule has 2 aliphatic rings. The summed E-state index contributed by atoms with van der Waals surface area (Å²) in [4.78, 5) is 11.3. The molecule has 0 bridgehead atoms. The first-order valence-electron chi connectivity index (χ1n) is 7.68. The zero-order valence-electron chi connectivity index (χ0n) is 12.2. The van der Waals surface area contributed by atoms with Gasteiger partial charge in [-0.05, 0) is 47.0 Å². The summed E-state index contributed by atoms with van der Waals surface area (Å²) in [7, 11) is 1.86. The van der Waals surface area contributed by atoms with Crippen LogP contribution in [-0.4, -0.2) is 30.1 Å². The maximum absolute atomic E-state index is 4.60. The molecule has 110 valence electrons. The monoisotopic (exact) mass is 338 g/mol. The lowest BCUT2D eigenvalue weighted by molar-refractivity contribution is 0.144. The third kappa shape index (κ3) is 2.78. The molecule has 1 aliphatic carbocycles. The van der Waals surface area contributed by atoms with Gasteiger partial charge in [-0.3, -0.25) is 0 Å². The zero-order chi connectivity index (χ0) is 14.0. The van der Waals surface area contributed by atoms with Gasteiger partial charge in [-0.2, -0.15) is 4.98 Å². The zero-order valence-corrected chi connectivity index (χ0v) is 13.7. The minimum absolute atomic E-state index is 0.639. The molecule has 1 saturated carbocycles. The molecule has 1 N–H and O–H groups in total. The van der Waals surface area contributed by atoms with Crippen molar-refractivity contribution >= 4 is 27.7 Å². The predicted octanol–water partition coefficient (Wildman–Crippen LogP) is 3.83. The number of halogens is 1. The van der Waals surface area contributed by atoms with Gasteiger partial charge in [0, 0.05) is 26.3 Å². The van der Waals surface area contributed by atoms with Crippen molar-refractivity contribution < 1.29 is 0 Å². The molecule has 1 spiro atoms. The number of rotatable bonds is 2. The summed E-state index contributed by atoms with van der Waals surface area (Å²) < 4.78 is 0.996. The molecule has 2 heterocycles. The van der Waals surface area contributed by atoms with Gasteiger partial charge in [0.1, 0.15) is 5.82 Å². The van der Waals surface area contributed by atoms with E-state index in [0.717, 1.165) is 23.4 Å². The number of anilines is 2. The second-order valence-electron chi connectivity index (χ2n) is 6.16. The summed E-state index contributed by atoms with van der Waals surface area (Å²) >= 11 is 3.59. The van der Waals surface area contributed by atoms with Gasteiger partial charge in [-0.1, -0.05) is 19.3 Å². The highest BCUT2D eigenvalue weighted by Gasteiger charge is 2.36. The third-order valence-corrected chi connectivity index (χ3v) is 5.55. The molecule has 0 unspecified atom stereocenters. The molecule has 1 aromatic heterocycles. The van der Waals surface area contributed by atoms with Gasteiger partial charge in [0.2, 0.25) is 5.95 Å². The Morgan fingerprint density at radius 2 is 1.85 bits per heavy atom. The molecule has 0 radical (unpaired) electrons. The number of piperidine rings is 1. The Labute approximate surface area is 129 Å². The maximum atomic E-state index is 4.60. The highest BCUT2D eigenvalue weighted by atomic mass is 79.9. The van der Waals surface area contributed by atoms with Crippen LogP contribution in [0.15, 0.2) is 10.7 Å². The van der Waals surface area contributed by atoms with E-state index in [1.165, 1.54) is 44.9 Å². The van der Waals surface area contributed by atoms with Gasteiger partial charge in [0.05, 0.1) is 4.47 Å². The molecular weight excluding hydrogens is 316 g/mol. The Kier molecular flexibility index (Phi) is 4.15. The first kappa shape index (κ1) is 14.1. The van der Waals surface area contributed by atoms with Crippen LogP contribution in [-0.2, 0) is 0 Å². The number of nitrogens with zero attached hydrogens (tertiary/aromatic N) is 3. The first-order chi connectivity index (χ1) is 9.72. The standard InChI is InChI=1S/C15H23BrN4/c1-17-14-18-11-12(16)13(19-14)20-9-7-15(8-10-20)5-3-2-4-6-15/h11H,2-10H2,1H3,(H,17,18,19). The predicted molar refractivity (Wildman–Crippen MR) is 86.2 cm³/mol. The highest BCUT2D eigenvalue weighted by molar-refractivity contribution is 9.10. The third-order valence-electron chi connectivity index (χ3n) is 4.99. The number of hydrogen-bond donors (Lipinski definition) is 1. The Hall–Kier alpha value is -0.840. The van der Waals surface area contributed by atoms with E-state index in [0.29, 0.717) is 11.4 Å². The van der Waals surface area contributed by atoms with E-state index < -0.39 is 0 Å². The van der Waals surface area contributed by atoms with Crippen molar-refractivity contribution in [3.63, 3.8) is 0 Å². The van der Waals surface area contributed by atoms with Crippen molar-refractivity contribution in [3.8, 4) is 0 Å². The summed E-state index contributed by atoms with van der Waals surface area (Å²) in [6.45, 7) is 2.25. The van der Waals surface area contributed by atoms with Crippen LogP contribution in [0.5, 0.6) is 0 Å². The molecule has 4 nitrogen and oxygen atoms in total. The van der Waals surface area contributed by atoms with Gasteiger partial charge in [-0.25, -0.2) is 4.98 Å². The molecule has 3 rings (SSSR count). The van der Waals surface area contributed by atoms with E-state index >= 15 is 0 Å². The molecule has 1 aliphatic heterocycles. The fourth-order valence-corrected chi connectivity index (χ4v) is 4.14. The van der Waals surface area contributed by atoms with Crippen molar-refractivity contribution in [1.82, 2.24) is 9.97 Å². The lowest BCUT2D eigenvalue weighted by Gasteiger charge is -2.44. The largest absolute Gasteiger partial charge is 0.357 e. The Morgan fingerprint density at radius 1 is 1.15 bits per heavy atom. The summed E-state index contributed by atoms with van der Waals surface area (Å²) in [6, 6.07) is 0. The maximum Gasteiger partial charge on any atom is 0.224 e. The molecule has 5 heteroatoms. The van der Waals surface area contributed by atoms with E-state index in [2.05, 4.69) is 36.1 Å². The van der Waals surface area contributed by atoms with Crippen LogP contribution in [0.25, 0.3) is 0 Å². The number of aromatic nitrogens is 2. The average Bonchev–Trinajstić information content (AvgIpc) is 2.50. The van der Waals surface area contributed by atoms with Crippen molar-refractivity contribution in [3.05, 3.63) is 10.7 Å². The van der Waals surface area contributed by atoms with Crippen LogP contribution in [0.3, 0.4) is 0 Å². The van der Waals surface area contributed by atoms with Crippen LogP contribution >= 0.6 is 15.9 Å². The SMILES string of the molecule is CNc1ncc(Br)c(N2CCC3(CCCCC3)CC2)n1. The topological polar surface area (TPSA) is 41.1 Å². The normalized spacial score (nSPS) is 22.0. The smallest absolute Gasteiger partial charge is 0.224 e. The molecule has 0 amide bonds. The summed E-state index contributed by atoms with van der Waals surface area (Å²) in [5, 5.41) is 3.02. The van der Waals surface area contributed by atoms with Crippen molar-refractivity contribution in [1.29, 1.82) is 0 Å². The summed E-state index contributed by atoms with van der Waals surface area (Å²) in [5.41, 5.74) is 0.639. The van der Waals surface area contributed by atoms with Gasteiger partial charge in [-0.15, -0.1) is 0 Å². The van der Waals surface area contributed by atoms with E-state index in [-0.39, 0.29) is 0 Å². The second-order valence-corrected chi connectivity index (χ2v) is 7.02. The number of hydrogen-bond acceptors (Lipinski definition) is 4.